The molecule has 1 heterocycles. The molecule has 1 aliphatic heterocycles. The normalized spacial score (nSPS) is 30.3. The molecule has 1 unspecified atom stereocenters. The van der Waals surface area contributed by atoms with Gasteiger partial charge in [-0.1, -0.05) is 6.08 Å². The number of nitrogens with one attached hydrogen (secondary N) is 1. The van der Waals surface area contributed by atoms with Crippen LogP contribution in [-0.4, -0.2) is 18.5 Å². The van der Waals surface area contributed by atoms with E-state index in [2.05, 4.69) is 11.6 Å². The fourth-order valence-corrected chi connectivity index (χ4v) is 0.901. The fourth-order valence-electron chi connectivity index (χ4n) is 0.901. The van der Waals surface area contributed by atoms with Crippen LogP contribution >= 0.6 is 0 Å². The highest BCUT2D eigenvalue weighted by Crippen LogP contribution is 2.05. The summed E-state index contributed by atoms with van der Waals surface area (Å²) < 4.78 is 5.48. The first-order valence-electron chi connectivity index (χ1n) is 3.61. The smallest absolute Gasteiger partial charge is 0.271 e. The average molecular weight is 140 g/mol. The van der Waals surface area contributed by atoms with Gasteiger partial charge in [-0.2, -0.15) is 0 Å². The number of hydrogen-bond donors (Lipinski definition) is 1. The van der Waals surface area contributed by atoms with Crippen molar-refractivity contribution in [2.75, 3.05) is 0 Å². The van der Waals surface area contributed by atoms with E-state index in [4.69, 9.17) is 4.74 Å². The number of rotatable bonds is 3. The summed E-state index contributed by atoms with van der Waals surface area (Å²) in [5, 5.41) is 0. The van der Waals surface area contributed by atoms with Gasteiger partial charge >= 0.3 is 0 Å². The highest BCUT2D eigenvalue weighted by molar-refractivity contribution is 5.60. The molecule has 2 nitrogen and oxygen atoms in total. The van der Waals surface area contributed by atoms with Crippen LogP contribution in [0.2, 0.25) is 0 Å². The average Bonchev–Trinajstić information content (AvgIpc) is 1.82. The third kappa shape index (κ3) is 1.45. The molecule has 2 atom stereocenters. The van der Waals surface area contributed by atoms with Crippen LogP contribution in [0.25, 0.3) is 0 Å². The molecule has 0 bridgehead atoms. The Balaban J connectivity index is 2.32. The van der Waals surface area contributed by atoms with Crippen LogP contribution in [0.5, 0.6) is 0 Å². The molecule has 56 valence electrons. The summed E-state index contributed by atoms with van der Waals surface area (Å²) >= 11 is 0. The van der Waals surface area contributed by atoms with Gasteiger partial charge in [0.05, 0.1) is 6.10 Å². The first-order valence-corrected chi connectivity index (χ1v) is 3.61. The lowest BCUT2D eigenvalue weighted by Crippen LogP contribution is -2.88. The minimum atomic E-state index is 0.164. The summed E-state index contributed by atoms with van der Waals surface area (Å²) in [6.07, 6.45) is 4.33. The Morgan fingerprint density at radius 2 is 2.40 bits per heavy atom. The maximum Gasteiger partial charge on any atom is 0.271 e. The van der Waals surface area contributed by atoms with Crippen molar-refractivity contribution in [2.45, 2.75) is 26.2 Å². The molecule has 0 radical (unpaired) electrons. The van der Waals surface area contributed by atoms with Gasteiger partial charge in [0.1, 0.15) is 5.92 Å². The van der Waals surface area contributed by atoms with Crippen molar-refractivity contribution in [3.8, 4) is 0 Å². The van der Waals surface area contributed by atoms with Gasteiger partial charge in [0, 0.05) is 0 Å². The van der Waals surface area contributed by atoms with Crippen molar-refractivity contribution in [1.82, 2.24) is 0 Å². The molecule has 0 saturated carbocycles. The van der Waals surface area contributed by atoms with Crippen molar-refractivity contribution in [1.29, 1.82) is 0 Å². The van der Waals surface area contributed by atoms with Crippen molar-refractivity contribution >= 4 is 6.21 Å². The van der Waals surface area contributed by atoms with Gasteiger partial charge < -0.3 is 4.74 Å². The highest BCUT2D eigenvalue weighted by atomic mass is 16.5. The van der Waals surface area contributed by atoms with Crippen LogP contribution in [0.3, 0.4) is 0 Å². The monoisotopic (exact) mass is 140 g/mol. The Hall–Kier alpha value is -0.630. The van der Waals surface area contributed by atoms with Gasteiger partial charge in [-0.05, 0) is 13.8 Å². The van der Waals surface area contributed by atoms with Crippen LogP contribution in [0, 0.1) is 5.92 Å². The Morgan fingerprint density at radius 1 is 1.70 bits per heavy atom. The largest absolute Gasteiger partial charge is 0.318 e. The molecule has 1 N–H and O–H groups in total. The summed E-state index contributed by atoms with van der Waals surface area (Å²) in [6.45, 7) is 7.74. The molecule has 0 saturated heterocycles. The molecular weight excluding hydrogens is 126 g/mol. The zero-order chi connectivity index (χ0) is 7.56. The molecule has 0 aromatic rings. The Kier molecular flexibility index (Phi) is 2.22. The second-order valence-electron chi connectivity index (χ2n) is 2.75. The van der Waals surface area contributed by atoms with Crippen LogP contribution < -0.4 is 4.99 Å². The first kappa shape index (κ1) is 7.48. The SMILES string of the molecule is C=C[C@H]1C=[NH+]C1OC(C)C. The Morgan fingerprint density at radius 3 is 2.70 bits per heavy atom. The molecule has 0 amide bonds. The van der Waals surface area contributed by atoms with Crippen molar-refractivity contribution in [3.63, 3.8) is 0 Å². The topological polar surface area (TPSA) is 23.2 Å². The van der Waals surface area contributed by atoms with Crippen LogP contribution in [0.1, 0.15) is 13.8 Å². The first-order chi connectivity index (χ1) is 4.74. The lowest BCUT2D eigenvalue weighted by Gasteiger charge is -2.20. The van der Waals surface area contributed by atoms with Gasteiger partial charge in [0.25, 0.3) is 6.23 Å². The zero-order valence-electron chi connectivity index (χ0n) is 6.50. The van der Waals surface area contributed by atoms with E-state index in [9.17, 15) is 0 Å². The fraction of sp³-hybridized carbons (Fsp3) is 0.625. The van der Waals surface area contributed by atoms with Crippen LogP contribution in [0.4, 0.5) is 0 Å². The molecule has 0 spiro atoms. The summed E-state index contributed by atoms with van der Waals surface area (Å²) in [5.41, 5.74) is 0. The molecular formula is C8H14NO+. The van der Waals surface area contributed by atoms with E-state index < -0.39 is 0 Å². The molecule has 0 aromatic heterocycles. The maximum absolute atomic E-state index is 5.48. The number of hydrogen-bond acceptors (Lipinski definition) is 1. The third-order valence-electron chi connectivity index (χ3n) is 1.49. The molecule has 10 heavy (non-hydrogen) atoms. The van der Waals surface area contributed by atoms with Crippen LogP contribution in [-0.2, 0) is 4.74 Å². The van der Waals surface area contributed by atoms with Gasteiger partial charge in [-0.3, -0.25) is 0 Å². The standard InChI is InChI=1S/C8H13NO/c1-4-7-5-9-8(7)10-6(2)3/h4-8H,1H2,2-3H3/p+1/t7-,8?/m0/s1. The maximum atomic E-state index is 5.48. The van der Waals surface area contributed by atoms with E-state index in [1.165, 1.54) is 0 Å². The zero-order valence-corrected chi connectivity index (χ0v) is 6.50. The minimum Gasteiger partial charge on any atom is -0.318 e. The molecule has 0 aliphatic carbocycles. The van der Waals surface area contributed by atoms with Gasteiger partial charge in [0.2, 0.25) is 0 Å². The number of ether oxygens (including phenoxy) is 1. The second-order valence-corrected chi connectivity index (χ2v) is 2.75. The second kappa shape index (κ2) is 2.97. The van der Waals surface area contributed by atoms with E-state index in [0.29, 0.717) is 5.92 Å². The molecule has 1 aliphatic rings. The van der Waals surface area contributed by atoms with Gasteiger partial charge in [-0.25, -0.2) is 4.99 Å². The Bertz CT molecular complexity index is 151. The van der Waals surface area contributed by atoms with Crippen molar-refractivity contribution in [3.05, 3.63) is 12.7 Å². The van der Waals surface area contributed by atoms with E-state index in [1.807, 2.05) is 26.1 Å². The predicted molar refractivity (Wildman–Crippen MR) is 40.7 cm³/mol. The molecule has 0 aromatic carbocycles. The van der Waals surface area contributed by atoms with Gasteiger partial charge in [0.15, 0.2) is 6.21 Å². The summed E-state index contributed by atoms with van der Waals surface area (Å²) in [5.74, 6) is 0.391. The Labute approximate surface area is 61.6 Å². The summed E-state index contributed by atoms with van der Waals surface area (Å²) in [7, 11) is 0. The highest BCUT2D eigenvalue weighted by Gasteiger charge is 2.32. The van der Waals surface area contributed by atoms with Crippen molar-refractivity contribution in [2.24, 2.45) is 5.92 Å². The van der Waals surface area contributed by atoms with Crippen molar-refractivity contribution < 1.29 is 9.73 Å². The lowest BCUT2D eigenvalue weighted by molar-refractivity contribution is -0.598. The molecule has 0 fully saturated rings. The van der Waals surface area contributed by atoms with Crippen LogP contribution in [0.15, 0.2) is 12.7 Å². The van der Waals surface area contributed by atoms with E-state index in [0.717, 1.165) is 0 Å². The van der Waals surface area contributed by atoms with E-state index >= 15 is 0 Å². The quantitative estimate of drug-likeness (QED) is 0.535. The summed E-state index contributed by atoms with van der Waals surface area (Å²) in [6, 6.07) is 0. The third-order valence-corrected chi connectivity index (χ3v) is 1.49. The van der Waals surface area contributed by atoms with Gasteiger partial charge in [-0.15, -0.1) is 6.58 Å². The predicted octanol–water partition coefficient (Wildman–Crippen LogP) is -0.295. The van der Waals surface area contributed by atoms with E-state index in [1.54, 1.807) is 0 Å². The van der Waals surface area contributed by atoms with E-state index in [-0.39, 0.29) is 12.3 Å². The lowest BCUT2D eigenvalue weighted by atomic mass is 10.1. The molecule has 2 heteroatoms. The molecule has 1 rings (SSSR count). The minimum absolute atomic E-state index is 0.164. The summed E-state index contributed by atoms with van der Waals surface area (Å²) in [4.78, 5) is 3.06.